The van der Waals surface area contributed by atoms with Gasteiger partial charge >= 0.3 is 5.97 Å². The van der Waals surface area contributed by atoms with Crippen molar-refractivity contribution in [3.05, 3.63) is 22.5 Å². The molecule has 5 heteroatoms. The SMILES string of the molecule is COC(=O)c1c(C)c(C(=O)CNC(C)C)c(C)n1C. The highest BCUT2D eigenvalue weighted by molar-refractivity contribution is 6.03. The van der Waals surface area contributed by atoms with Crippen molar-refractivity contribution >= 4 is 11.8 Å². The van der Waals surface area contributed by atoms with E-state index in [2.05, 4.69) is 5.32 Å². The van der Waals surface area contributed by atoms with Gasteiger partial charge in [0.2, 0.25) is 0 Å². The molecule has 1 rings (SSSR count). The van der Waals surface area contributed by atoms with Crippen LogP contribution in [0.4, 0.5) is 0 Å². The van der Waals surface area contributed by atoms with Gasteiger partial charge in [-0.05, 0) is 19.4 Å². The van der Waals surface area contributed by atoms with Crippen LogP contribution in [0.5, 0.6) is 0 Å². The summed E-state index contributed by atoms with van der Waals surface area (Å²) >= 11 is 0. The number of aromatic nitrogens is 1. The molecule has 0 atom stereocenters. The second-order valence-corrected chi connectivity index (χ2v) is 4.94. The Labute approximate surface area is 113 Å². The summed E-state index contributed by atoms with van der Waals surface area (Å²) < 4.78 is 6.47. The highest BCUT2D eigenvalue weighted by Crippen LogP contribution is 2.22. The quantitative estimate of drug-likeness (QED) is 0.649. The molecular formula is C14H22N2O3. The van der Waals surface area contributed by atoms with E-state index in [0.717, 1.165) is 5.69 Å². The summed E-state index contributed by atoms with van der Waals surface area (Å²) in [6.07, 6.45) is 0. The molecule has 1 N–H and O–H groups in total. The molecule has 0 spiro atoms. The number of ketones is 1. The number of hydrogen-bond acceptors (Lipinski definition) is 4. The number of esters is 1. The first-order valence-electron chi connectivity index (χ1n) is 6.32. The largest absolute Gasteiger partial charge is 0.464 e. The standard InChI is InChI=1S/C14H22N2O3/c1-8(2)15-7-11(17)12-9(3)13(14(18)19-6)16(5)10(12)4/h8,15H,7H2,1-6H3. The third-order valence-corrected chi connectivity index (χ3v) is 3.26. The van der Waals surface area contributed by atoms with Crippen LogP contribution in [0.15, 0.2) is 0 Å². The monoisotopic (exact) mass is 266 g/mol. The molecule has 0 aliphatic heterocycles. The lowest BCUT2D eigenvalue weighted by Crippen LogP contribution is -2.29. The van der Waals surface area contributed by atoms with Crippen molar-refractivity contribution in [3.63, 3.8) is 0 Å². The van der Waals surface area contributed by atoms with Crippen molar-refractivity contribution in [1.82, 2.24) is 9.88 Å². The average Bonchev–Trinajstić information content (AvgIpc) is 2.57. The van der Waals surface area contributed by atoms with E-state index >= 15 is 0 Å². The van der Waals surface area contributed by atoms with Crippen LogP contribution in [-0.2, 0) is 11.8 Å². The normalized spacial score (nSPS) is 10.9. The highest BCUT2D eigenvalue weighted by atomic mass is 16.5. The molecule has 106 valence electrons. The zero-order valence-electron chi connectivity index (χ0n) is 12.5. The molecule has 1 heterocycles. The molecule has 0 aliphatic carbocycles. The van der Waals surface area contributed by atoms with Crippen LogP contribution in [0.2, 0.25) is 0 Å². The number of nitrogens with zero attached hydrogens (tertiary/aromatic N) is 1. The maximum absolute atomic E-state index is 12.2. The van der Waals surface area contributed by atoms with Gasteiger partial charge in [-0.15, -0.1) is 0 Å². The van der Waals surface area contributed by atoms with Gasteiger partial charge in [0.15, 0.2) is 5.78 Å². The summed E-state index contributed by atoms with van der Waals surface area (Å²) in [7, 11) is 3.10. The van der Waals surface area contributed by atoms with E-state index in [9.17, 15) is 9.59 Å². The van der Waals surface area contributed by atoms with Crippen molar-refractivity contribution in [3.8, 4) is 0 Å². The molecular weight excluding hydrogens is 244 g/mol. The van der Waals surface area contributed by atoms with Crippen LogP contribution in [0.1, 0.15) is 46.0 Å². The van der Waals surface area contributed by atoms with E-state index in [1.807, 2.05) is 20.8 Å². The number of ether oxygens (including phenoxy) is 1. The minimum atomic E-state index is -0.418. The Bertz CT molecular complexity index is 501. The molecule has 0 unspecified atom stereocenters. The third kappa shape index (κ3) is 3.04. The van der Waals surface area contributed by atoms with E-state index < -0.39 is 5.97 Å². The Balaban J connectivity index is 3.16. The molecule has 1 aromatic heterocycles. The lowest BCUT2D eigenvalue weighted by molar-refractivity contribution is 0.0588. The predicted molar refractivity (Wildman–Crippen MR) is 73.7 cm³/mol. The van der Waals surface area contributed by atoms with Crippen molar-refractivity contribution in [2.45, 2.75) is 33.7 Å². The fourth-order valence-electron chi connectivity index (χ4n) is 2.16. The second kappa shape index (κ2) is 6.02. The number of nitrogens with one attached hydrogen (secondary N) is 1. The Morgan fingerprint density at radius 3 is 2.37 bits per heavy atom. The average molecular weight is 266 g/mol. The number of rotatable bonds is 5. The van der Waals surface area contributed by atoms with Gasteiger partial charge in [-0.25, -0.2) is 4.79 Å². The minimum absolute atomic E-state index is 0.00514. The molecule has 0 saturated heterocycles. The maximum Gasteiger partial charge on any atom is 0.354 e. The lowest BCUT2D eigenvalue weighted by Gasteiger charge is -2.07. The highest BCUT2D eigenvalue weighted by Gasteiger charge is 2.24. The minimum Gasteiger partial charge on any atom is -0.464 e. The summed E-state index contributed by atoms with van der Waals surface area (Å²) in [6.45, 7) is 7.85. The summed E-state index contributed by atoms with van der Waals surface area (Å²) in [5.41, 5.74) is 2.51. The number of carbonyl (C=O) groups excluding carboxylic acids is 2. The van der Waals surface area contributed by atoms with Crippen LogP contribution >= 0.6 is 0 Å². The van der Waals surface area contributed by atoms with Crippen molar-refractivity contribution in [1.29, 1.82) is 0 Å². The molecule has 19 heavy (non-hydrogen) atoms. The van der Waals surface area contributed by atoms with Gasteiger partial charge in [-0.2, -0.15) is 0 Å². The number of methoxy groups -OCH3 is 1. The molecule has 0 aliphatic rings. The van der Waals surface area contributed by atoms with Gasteiger partial charge in [-0.1, -0.05) is 13.8 Å². The summed E-state index contributed by atoms with van der Waals surface area (Å²) in [6, 6.07) is 0.244. The van der Waals surface area contributed by atoms with E-state index in [-0.39, 0.29) is 18.4 Å². The Kier molecular flexibility index (Phi) is 4.89. The van der Waals surface area contributed by atoms with Crippen LogP contribution in [0.25, 0.3) is 0 Å². The van der Waals surface area contributed by atoms with Gasteiger partial charge in [0.1, 0.15) is 5.69 Å². The lowest BCUT2D eigenvalue weighted by atomic mass is 10.1. The van der Waals surface area contributed by atoms with Gasteiger partial charge in [-0.3, -0.25) is 4.79 Å². The predicted octanol–water partition coefficient (Wildman–Crippen LogP) is 1.61. The van der Waals surface area contributed by atoms with Crippen LogP contribution < -0.4 is 5.32 Å². The van der Waals surface area contributed by atoms with Gasteiger partial charge in [0.25, 0.3) is 0 Å². The molecule has 0 radical (unpaired) electrons. The topological polar surface area (TPSA) is 60.3 Å². The van der Waals surface area contributed by atoms with E-state index in [1.165, 1.54) is 7.11 Å². The first kappa shape index (κ1) is 15.4. The molecule has 0 amide bonds. The van der Waals surface area contributed by atoms with Gasteiger partial charge in [0.05, 0.1) is 13.7 Å². The summed E-state index contributed by atoms with van der Waals surface area (Å²) in [4.78, 5) is 24.0. The van der Waals surface area contributed by atoms with Crippen molar-refractivity contribution in [2.24, 2.45) is 7.05 Å². The summed E-state index contributed by atoms with van der Waals surface area (Å²) in [5.74, 6) is -0.423. The Morgan fingerprint density at radius 1 is 1.32 bits per heavy atom. The zero-order chi connectivity index (χ0) is 14.7. The van der Waals surface area contributed by atoms with Crippen molar-refractivity contribution < 1.29 is 14.3 Å². The molecule has 5 nitrogen and oxygen atoms in total. The molecule has 0 saturated carbocycles. The van der Waals surface area contributed by atoms with Crippen LogP contribution in [0.3, 0.4) is 0 Å². The van der Waals surface area contributed by atoms with E-state index in [0.29, 0.717) is 16.8 Å². The van der Waals surface area contributed by atoms with E-state index in [1.54, 1.807) is 18.5 Å². The second-order valence-electron chi connectivity index (χ2n) is 4.94. The van der Waals surface area contributed by atoms with Crippen LogP contribution in [0, 0.1) is 13.8 Å². The van der Waals surface area contributed by atoms with Gasteiger partial charge < -0.3 is 14.6 Å². The van der Waals surface area contributed by atoms with Gasteiger partial charge in [0, 0.05) is 24.3 Å². The number of Topliss-reactive ketones (excluding diaryl/α,β-unsaturated/α-hetero) is 1. The molecule has 0 fully saturated rings. The van der Waals surface area contributed by atoms with E-state index in [4.69, 9.17) is 4.74 Å². The van der Waals surface area contributed by atoms with Crippen LogP contribution in [-0.4, -0.2) is 36.0 Å². The fourth-order valence-corrected chi connectivity index (χ4v) is 2.16. The Morgan fingerprint density at radius 2 is 1.89 bits per heavy atom. The molecule has 0 bridgehead atoms. The maximum atomic E-state index is 12.2. The first-order chi connectivity index (χ1) is 8.81. The fraction of sp³-hybridized carbons (Fsp3) is 0.571. The molecule has 1 aromatic rings. The van der Waals surface area contributed by atoms with Crippen molar-refractivity contribution in [2.75, 3.05) is 13.7 Å². The first-order valence-corrected chi connectivity index (χ1v) is 6.32. The summed E-state index contributed by atoms with van der Waals surface area (Å²) in [5, 5.41) is 3.10. The zero-order valence-corrected chi connectivity index (χ0v) is 12.5. The molecule has 0 aromatic carbocycles. The Hall–Kier alpha value is -1.62. The number of hydrogen-bond donors (Lipinski definition) is 1. The number of carbonyl (C=O) groups is 2. The third-order valence-electron chi connectivity index (χ3n) is 3.26. The smallest absolute Gasteiger partial charge is 0.354 e.